The maximum Gasteiger partial charge on any atom is 0.341 e. The highest BCUT2D eigenvalue weighted by Gasteiger charge is 2.22. The molecular weight excluding hydrogens is 392 g/mol. The number of benzene rings is 2. The first kappa shape index (κ1) is 21.5. The van der Waals surface area contributed by atoms with Gasteiger partial charge >= 0.3 is 5.97 Å². The van der Waals surface area contributed by atoms with Gasteiger partial charge in [0.25, 0.3) is 10.0 Å². The number of sulfonamides is 1. The van der Waals surface area contributed by atoms with E-state index in [1.807, 2.05) is 25.5 Å². The molecule has 0 heterocycles. The summed E-state index contributed by atoms with van der Waals surface area (Å²) in [4.78, 5) is 22.7. The van der Waals surface area contributed by atoms with E-state index in [9.17, 15) is 26.8 Å². The lowest BCUT2D eigenvalue weighted by Gasteiger charge is -2.16. The highest BCUT2D eigenvalue weighted by Crippen LogP contribution is 2.24. The van der Waals surface area contributed by atoms with Crippen LogP contribution >= 0.6 is 0 Å². The Hall–Kier alpha value is -2.81. The first-order valence-electron chi connectivity index (χ1n) is 8.18. The number of anilines is 1. The van der Waals surface area contributed by atoms with Crippen LogP contribution in [-0.4, -0.2) is 25.3 Å². The van der Waals surface area contributed by atoms with Gasteiger partial charge in [0.1, 0.15) is 17.2 Å². The van der Waals surface area contributed by atoms with E-state index in [2.05, 4.69) is 0 Å². The number of aromatic carboxylic acids is 1. The van der Waals surface area contributed by atoms with Crippen molar-refractivity contribution in [3.63, 3.8) is 0 Å². The average Bonchev–Trinajstić information content (AvgIpc) is 2.51. The van der Waals surface area contributed by atoms with Gasteiger partial charge in [-0.3, -0.25) is 9.52 Å². The maximum absolute atomic E-state index is 13.7. The number of carbonyl (C=O) groups excluding carboxylic acids is 1. The molecule has 0 spiro atoms. The average molecular weight is 411 g/mol. The van der Waals surface area contributed by atoms with Crippen LogP contribution in [0.3, 0.4) is 0 Å². The molecule has 2 N–H and O–H groups in total. The van der Waals surface area contributed by atoms with Gasteiger partial charge in [0.2, 0.25) is 0 Å². The Morgan fingerprint density at radius 1 is 1.04 bits per heavy atom. The van der Waals surface area contributed by atoms with Crippen molar-refractivity contribution in [1.29, 1.82) is 0 Å². The number of hydrogen-bond donors (Lipinski definition) is 2. The van der Waals surface area contributed by atoms with Crippen molar-refractivity contribution in [2.24, 2.45) is 5.41 Å². The molecule has 0 bridgehead atoms. The topological polar surface area (TPSA) is 101 Å². The van der Waals surface area contributed by atoms with Crippen LogP contribution in [0.25, 0.3) is 0 Å². The van der Waals surface area contributed by atoms with Crippen LogP contribution in [0.5, 0.6) is 0 Å². The monoisotopic (exact) mass is 411 g/mol. The van der Waals surface area contributed by atoms with Crippen molar-refractivity contribution < 1.29 is 31.9 Å². The largest absolute Gasteiger partial charge is 0.477 e. The van der Waals surface area contributed by atoms with E-state index in [0.29, 0.717) is 17.7 Å². The second-order valence-electron chi connectivity index (χ2n) is 7.41. The van der Waals surface area contributed by atoms with Crippen molar-refractivity contribution >= 4 is 27.5 Å². The number of ketones is 1. The van der Waals surface area contributed by atoms with Crippen molar-refractivity contribution in [1.82, 2.24) is 0 Å². The van der Waals surface area contributed by atoms with Gasteiger partial charge in [-0.2, -0.15) is 0 Å². The number of rotatable bonds is 6. The van der Waals surface area contributed by atoms with Crippen LogP contribution < -0.4 is 4.72 Å². The maximum atomic E-state index is 13.7. The normalized spacial score (nSPS) is 11.9. The predicted molar refractivity (Wildman–Crippen MR) is 99.0 cm³/mol. The van der Waals surface area contributed by atoms with Crippen LogP contribution in [0.1, 0.15) is 47.9 Å². The van der Waals surface area contributed by atoms with Crippen LogP contribution in [-0.2, 0) is 10.0 Å². The molecule has 0 radical (unpaired) electrons. The zero-order valence-corrected chi connectivity index (χ0v) is 16.2. The minimum Gasteiger partial charge on any atom is -0.477 e. The lowest BCUT2D eigenvalue weighted by atomic mass is 9.88. The molecule has 150 valence electrons. The van der Waals surface area contributed by atoms with Gasteiger partial charge in [-0.25, -0.2) is 22.0 Å². The van der Waals surface area contributed by atoms with E-state index in [0.717, 1.165) is 0 Å². The minimum atomic E-state index is -4.20. The van der Waals surface area contributed by atoms with Crippen molar-refractivity contribution in [2.75, 3.05) is 4.72 Å². The Balaban J connectivity index is 2.26. The quantitative estimate of drug-likeness (QED) is 0.698. The number of nitrogens with one attached hydrogen (secondary N) is 1. The molecule has 6 nitrogen and oxygen atoms in total. The molecule has 9 heteroatoms. The van der Waals surface area contributed by atoms with Gasteiger partial charge in [-0.15, -0.1) is 0 Å². The first-order chi connectivity index (χ1) is 12.8. The fraction of sp³-hybridized carbons (Fsp3) is 0.263. The Labute approximate surface area is 161 Å². The molecule has 2 aromatic carbocycles. The second-order valence-corrected chi connectivity index (χ2v) is 9.09. The van der Waals surface area contributed by atoms with Gasteiger partial charge in [-0.05, 0) is 29.7 Å². The van der Waals surface area contributed by atoms with Crippen molar-refractivity contribution in [2.45, 2.75) is 32.1 Å². The summed E-state index contributed by atoms with van der Waals surface area (Å²) in [5, 5.41) is 8.74. The minimum absolute atomic E-state index is 0.141. The van der Waals surface area contributed by atoms with Crippen molar-refractivity contribution in [3.05, 3.63) is 59.2 Å². The fourth-order valence-electron chi connectivity index (χ4n) is 2.45. The van der Waals surface area contributed by atoms with E-state index in [1.165, 1.54) is 24.3 Å². The van der Waals surface area contributed by atoms with Crippen LogP contribution in [0.4, 0.5) is 14.5 Å². The van der Waals surface area contributed by atoms with Crippen LogP contribution in [0.2, 0.25) is 0 Å². The van der Waals surface area contributed by atoms with Crippen molar-refractivity contribution in [3.8, 4) is 0 Å². The summed E-state index contributed by atoms with van der Waals surface area (Å²) < 4.78 is 54.2. The van der Waals surface area contributed by atoms with Crippen LogP contribution in [0, 0.1) is 17.0 Å². The number of carboxylic acids is 1. The standard InChI is InChI=1S/C19H19F2NO5S/c1-19(2,3)10-16(23)11-4-6-13(7-5-11)28(26,27)22-12-8-14(20)17(18(24)25)15(21)9-12/h4-9,22H,10H2,1-3H3,(H,24,25). The highest BCUT2D eigenvalue weighted by atomic mass is 32.2. The van der Waals surface area contributed by atoms with E-state index < -0.39 is 38.9 Å². The summed E-state index contributed by atoms with van der Waals surface area (Å²) in [5.41, 5.74) is -1.52. The Kier molecular flexibility index (Phi) is 5.88. The highest BCUT2D eigenvalue weighted by molar-refractivity contribution is 7.92. The number of Topliss-reactive ketones (excluding diaryl/α,β-unsaturated/α-hetero) is 1. The van der Waals surface area contributed by atoms with Gasteiger partial charge < -0.3 is 5.11 Å². The summed E-state index contributed by atoms with van der Waals surface area (Å²) in [6, 6.07) is 6.28. The third-order valence-corrected chi connectivity index (χ3v) is 5.08. The molecule has 0 atom stereocenters. The molecule has 28 heavy (non-hydrogen) atoms. The molecule has 0 aromatic heterocycles. The smallest absolute Gasteiger partial charge is 0.341 e. The lowest BCUT2D eigenvalue weighted by molar-refractivity contribution is 0.0686. The van der Waals surface area contributed by atoms with E-state index in [-0.39, 0.29) is 22.5 Å². The zero-order valence-electron chi connectivity index (χ0n) is 15.4. The number of halogens is 2. The van der Waals surface area contributed by atoms with Gasteiger partial charge in [0.15, 0.2) is 5.78 Å². The summed E-state index contributed by atoms with van der Waals surface area (Å²) in [5.74, 6) is -4.76. The molecular formula is C19H19F2NO5S. The molecule has 0 fully saturated rings. The molecule has 0 amide bonds. The molecule has 0 unspecified atom stereocenters. The van der Waals surface area contributed by atoms with Gasteiger partial charge in [0, 0.05) is 12.0 Å². The van der Waals surface area contributed by atoms with Gasteiger partial charge in [-0.1, -0.05) is 32.9 Å². The molecule has 2 rings (SSSR count). The Bertz CT molecular complexity index is 1000. The van der Waals surface area contributed by atoms with E-state index in [1.54, 1.807) is 0 Å². The van der Waals surface area contributed by atoms with E-state index in [4.69, 9.17) is 5.11 Å². The molecule has 0 aliphatic carbocycles. The lowest BCUT2D eigenvalue weighted by Crippen LogP contribution is -2.15. The molecule has 0 saturated heterocycles. The SMILES string of the molecule is CC(C)(C)CC(=O)c1ccc(S(=O)(=O)Nc2cc(F)c(C(=O)O)c(F)c2)cc1. The van der Waals surface area contributed by atoms with E-state index >= 15 is 0 Å². The molecule has 0 saturated carbocycles. The third kappa shape index (κ3) is 5.13. The summed E-state index contributed by atoms with van der Waals surface area (Å²) in [6.45, 7) is 5.71. The van der Waals surface area contributed by atoms with Crippen LogP contribution in [0.15, 0.2) is 41.3 Å². The number of carbonyl (C=O) groups is 2. The summed E-state index contributed by atoms with van der Waals surface area (Å²) in [6.07, 6.45) is 0.284. The fourth-order valence-corrected chi connectivity index (χ4v) is 3.49. The molecule has 2 aromatic rings. The zero-order chi connectivity index (χ0) is 21.3. The second kappa shape index (κ2) is 7.67. The predicted octanol–water partition coefficient (Wildman–Crippen LogP) is 4.08. The summed E-state index contributed by atoms with van der Waals surface area (Å²) >= 11 is 0. The Morgan fingerprint density at radius 3 is 1.96 bits per heavy atom. The molecule has 0 aliphatic heterocycles. The number of hydrogen-bond acceptors (Lipinski definition) is 4. The van der Waals surface area contributed by atoms with Gasteiger partial charge in [0.05, 0.1) is 10.6 Å². The third-order valence-electron chi connectivity index (χ3n) is 3.69. The first-order valence-corrected chi connectivity index (χ1v) is 9.67. The molecule has 0 aliphatic rings. The summed E-state index contributed by atoms with van der Waals surface area (Å²) in [7, 11) is -4.20. The number of carboxylic acid groups (broad SMARTS) is 1. The Morgan fingerprint density at radius 2 is 1.54 bits per heavy atom.